The van der Waals surface area contributed by atoms with Crippen molar-refractivity contribution in [1.82, 2.24) is 9.97 Å². The summed E-state index contributed by atoms with van der Waals surface area (Å²) in [5, 5.41) is 0.239. The van der Waals surface area contributed by atoms with E-state index in [2.05, 4.69) is 22.6 Å². The van der Waals surface area contributed by atoms with Crippen LogP contribution in [0.2, 0.25) is 5.15 Å². The van der Waals surface area contributed by atoms with Crippen molar-refractivity contribution in [2.45, 2.75) is 6.42 Å². The zero-order valence-electron chi connectivity index (χ0n) is 9.26. The molecule has 1 aliphatic rings. The molecule has 1 fully saturated rings. The maximum absolute atomic E-state index is 11.8. The summed E-state index contributed by atoms with van der Waals surface area (Å²) < 4.78 is 5.08. The van der Waals surface area contributed by atoms with Crippen molar-refractivity contribution in [3.8, 4) is 5.88 Å². The second-order valence-electron chi connectivity index (χ2n) is 3.78. The fraction of sp³-hybridized carbons (Fsp3) is 0.500. The number of nitrogens with zero attached hydrogens (tertiary/aromatic N) is 3. The highest BCUT2D eigenvalue weighted by molar-refractivity contribution is 7.80. The summed E-state index contributed by atoms with van der Waals surface area (Å²) in [5.74, 6) is 1.62. The summed E-state index contributed by atoms with van der Waals surface area (Å²) in [4.78, 5) is 21.5. The molecule has 1 amide bonds. The maximum Gasteiger partial charge on any atom is 0.259 e. The molecule has 2 heterocycles. The van der Waals surface area contributed by atoms with Gasteiger partial charge in [0.25, 0.3) is 5.88 Å². The third-order valence-corrected chi connectivity index (χ3v) is 3.30. The van der Waals surface area contributed by atoms with E-state index in [1.54, 1.807) is 4.90 Å². The summed E-state index contributed by atoms with van der Waals surface area (Å²) in [6.07, 6.45) is 1.89. The van der Waals surface area contributed by atoms with Crippen LogP contribution in [0.4, 0.5) is 5.82 Å². The first kappa shape index (κ1) is 12.4. The fourth-order valence-electron chi connectivity index (χ4n) is 1.78. The van der Waals surface area contributed by atoms with Crippen LogP contribution in [0, 0.1) is 5.92 Å². The normalized spacial score (nSPS) is 19.8. The molecule has 0 aliphatic carbocycles. The molecule has 2 rings (SSSR count). The number of carbonyl (C=O) groups is 1. The number of carbonyl (C=O) groups excluding carboxylic acids is 1. The van der Waals surface area contributed by atoms with E-state index in [9.17, 15) is 4.79 Å². The fourth-order valence-corrected chi connectivity index (χ4v) is 2.15. The monoisotopic (exact) mass is 273 g/mol. The van der Waals surface area contributed by atoms with Crippen LogP contribution in [0.25, 0.3) is 0 Å². The number of halogens is 1. The van der Waals surface area contributed by atoms with Gasteiger partial charge in [0.2, 0.25) is 5.91 Å². The largest absolute Gasteiger partial charge is 0.478 e. The topological polar surface area (TPSA) is 55.3 Å². The van der Waals surface area contributed by atoms with Gasteiger partial charge in [0, 0.05) is 13.0 Å². The Balaban J connectivity index is 2.31. The SMILES string of the molecule is COc1nc(Cl)cnc1N1CC(CS)CC1=O. The van der Waals surface area contributed by atoms with Gasteiger partial charge in [-0.15, -0.1) is 0 Å². The number of hydrogen-bond donors (Lipinski definition) is 1. The average Bonchev–Trinajstić information content (AvgIpc) is 2.70. The van der Waals surface area contributed by atoms with Gasteiger partial charge in [-0.1, -0.05) is 11.6 Å². The number of ether oxygens (including phenoxy) is 1. The van der Waals surface area contributed by atoms with E-state index in [1.165, 1.54) is 13.3 Å². The standard InChI is InChI=1S/C10H12ClN3O2S/c1-16-10-9(12-3-7(11)13-10)14-4-6(5-17)2-8(14)15/h3,6,17H,2,4-5H2,1H3. The van der Waals surface area contributed by atoms with Crippen LogP contribution in [0.1, 0.15) is 6.42 Å². The van der Waals surface area contributed by atoms with E-state index >= 15 is 0 Å². The third-order valence-electron chi connectivity index (χ3n) is 2.61. The van der Waals surface area contributed by atoms with Crippen LogP contribution in [-0.2, 0) is 4.79 Å². The van der Waals surface area contributed by atoms with Crippen molar-refractivity contribution in [2.75, 3.05) is 24.3 Å². The first-order valence-corrected chi connectivity index (χ1v) is 6.14. The smallest absolute Gasteiger partial charge is 0.259 e. The Morgan fingerprint density at radius 3 is 3.06 bits per heavy atom. The minimum atomic E-state index is 0.0129. The van der Waals surface area contributed by atoms with Gasteiger partial charge in [-0.3, -0.25) is 9.69 Å². The number of hydrogen-bond acceptors (Lipinski definition) is 5. The highest BCUT2D eigenvalue weighted by atomic mass is 35.5. The van der Waals surface area contributed by atoms with Crippen LogP contribution in [0.15, 0.2) is 6.20 Å². The molecule has 1 unspecified atom stereocenters. The van der Waals surface area contributed by atoms with E-state index in [4.69, 9.17) is 16.3 Å². The number of methoxy groups -OCH3 is 1. The predicted molar refractivity (Wildman–Crippen MR) is 67.9 cm³/mol. The van der Waals surface area contributed by atoms with Crippen molar-refractivity contribution in [3.05, 3.63) is 11.3 Å². The molecular formula is C10H12ClN3O2S. The number of aromatic nitrogens is 2. The Labute approximate surface area is 110 Å². The van der Waals surface area contributed by atoms with Gasteiger partial charge in [0.05, 0.1) is 13.3 Å². The zero-order chi connectivity index (χ0) is 12.4. The van der Waals surface area contributed by atoms with Gasteiger partial charge in [-0.2, -0.15) is 17.6 Å². The molecule has 5 nitrogen and oxygen atoms in total. The van der Waals surface area contributed by atoms with Gasteiger partial charge in [-0.05, 0) is 11.7 Å². The molecule has 7 heteroatoms. The molecule has 17 heavy (non-hydrogen) atoms. The molecule has 1 aromatic heterocycles. The Morgan fingerprint density at radius 2 is 2.47 bits per heavy atom. The average molecular weight is 274 g/mol. The van der Waals surface area contributed by atoms with Gasteiger partial charge in [0.15, 0.2) is 11.0 Å². The van der Waals surface area contributed by atoms with Crippen LogP contribution in [0.5, 0.6) is 5.88 Å². The molecule has 0 N–H and O–H groups in total. The highest BCUT2D eigenvalue weighted by Crippen LogP contribution is 2.30. The molecule has 1 aliphatic heterocycles. The van der Waals surface area contributed by atoms with Crippen molar-refractivity contribution in [2.24, 2.45) is 5.92 Å². The predicted octanol–water partition coefficient (Wildman–Crippen LogP) is 1.42. The molecule has 0 spiro atoms. The highest BCUT2D eigenvalue weighted by Gasteiger charge is 2.32. The Kier molecular flexibility index (Phi) is 3.73. The third kappa shape index (κ3) is 2.47. The van der Waals surface area contributed by atoms with Gasteiger partial charge in [0.1, 0.15) is 0 Å². The summed E-state index contributed by atoms with van der Waals surface area (Å²) in [5.41, 5.74) is 0. The summed E-state index contributed by atoms with van der Waals surface area (Å²) >= 11 is 9.93. The Bertz CT molecular complexity index is 444. The van der Waals surface area contributed by atoms with Crippen molar-refractivity contribution >= 4 is 36.0 Å². The lowest BCUT2D eigenvalue weighted by atomic mass is 10.1. The van der Waals surface area contributed by atoms with Crippen LogP contribution in [0.3, 0.4) is 0 Å². The number of amides is 1. The quantitative estimate of drug-likeness (QED) is 0.847. The van der Waals surface area contributed by atoms with E-state index in [0.29, 0.717) is 24.5 Å². The minimum absolute atomic E-state index is 0.0129. The van der Waals surface area contributed by atoms with Crippen molar-refractivity contribution in [1.29, 1.82) is 0 Å². The molecule has 1 aromatic rings. The summed E-state index contributed by atoms with van der Waals surface area (Å²) in [6, 6.07) is 0. The van der Waals surface area contributed by atoms with Gasteiger partial charge in [-0.25, -0.2) is 4.98 Å². The van der Waals surface area contributed by atoms with Gasteiger partial charge < -0.3 is 4.74 Å². The van der Waals surface area contributed by atoms with E-state index < -0.39 is 0 Å². The van der Waals surface area contributed by atoms with Crippen LogP contribution < -0.4 is 9.64 Å². The molecule has 92 valence electrons. The number of anilines is 1. The van der Waals surface area contributed by atoms with Crippen molar-refractivity contribution in [3.63, 3.8) is 0 Å². The lowest BCUT2D eigenvalue weighted by Crippen LogP contribution is -2.26. The maximum atomic E-state index is 11.8. The lowest BCUT2D eigenvalue weighted by molar-refractivity contribution is -0.117. The summed E-state index contributed by atoms with van der Waals surface area (Å²) in [7, 11) is 1.47. The second-order valence-corrected chi connectivity index (χ2v) is 4.54. The zero-order valence-corrected chi connectivity index (χ0v) is 10.9. The molecule has 0 saturated carbocycles. The van der Waals surface area contributed by atoms with Crippen LogP contribution in [-0.4, -0.2) is 35.3 Å². The van der Waals surface area contributed by atoms with Crippen LogP contribution >= 0.6 is 24.2 Å². The molecule has 0 aromatic carbocycles. The first-order chi connectivity index (χ1) is 8.15. The lowest BCUT2D eigenvalue weighted by Gasteiger charge is -2.17. The minimum Gasteiger partial charge on any atom is -0.478 e. The molecule has 1 atom stereocenters. The Morgan fingerprint density at radius 1 is 1.71 bits per heavy atom. The molecule has 0 radical (unpaired) electrons. The first-order valence-electron chi connectivity index (χ1n) is 5.13. The second kappa shape index (κ2) is 5.10. The Hall–Kier alpha value is -1.01. The molecular weight excluding hydrogens is 262 g/mol. The van der Waals surface area contributed by atoms with E-state index in [1.807, 2.05) is 0 Å². The van der Waals surface area contributed by atoms with Crippen molar-refractivity contribution < 1.29 is 9.53 Å². The molecule has 1 saturated heterocycles. The molecule has 0 bridgehead atoms. The van der Waals surface area contributed by atoms with E-state index in [0.717, 1.165) is 0 Å². The van der Waals surface area contributed by atoms with Gasteiger partial charge >= 0.3 is 0 Å². The number of thiol groups is 1. The number of rotatable bonds is 3. The van der Waals surface area contributed by atoms with E-state index in [-0.39, 0.29) is 22.9 Å². The summed E-state index contributed by atoms with van der Waals surface area (Å²) in [6.45, 7) is 0.592.